The molecule has 0 radical (unpaired) electrons. The Bertz CT molecular complexity index is 1340. The number of aliphatic imine (C=N–C) groups is 1. The van der Waals surface area contributed by atoms with Crippen LogP contribution in [0.1, 0.15) is 23.6 Å². The minimum absolute atomic E-state index is 0.0958. The maximum absolute atomic E-state index is 12.7. The fraction of sp³-hybridized carbons (Fsp3) is 0.250. The Labute approximate surface area is 200 Å². The maximum Gasteiger partial charge on any atom is 0.258 e. The van der Waals surface area contributed by atoms with Gasteiger partial charge in [-0.15, -0.1) is 0 Å². The molecule has 2 aliphatic heterocycles. The molecule has 1 fully saturated rings. The van der Waals surface area contributed by atoms with Gasteiger partial charge in [-0.2, -0.15) is 0 Å². The van der Waals surface area contributed by atoms with Crippen LogP contribution in [0.5, 0.6) is 0 Å². The molecule has 1 aromatic carbocycles. The maximum atomic E-state index is 12.7. The number of rotatable bonds is 5. The summed E-state index contributed by atoms with van der Waals surface area (Å²) in [6, 6.07) is 20.3. The molecule has 1 N–H and O–H groups in total. The topological polar surface area (TPSA) is 64.6 Å². The third kappa shape index (κ3) is 4.63. The number of piperazine rings is 1. The Hall–Kier alpha value is -3.77. The number of pyridine rings is 1. The van der Waals surface area contributed by atoms with Gasteiger partial charge in [0.1, 0.15) is 0 Å². The van der Waals surface area contributed by atoms with Crippen LogP contribution in [0.2, 0.25) is 0 Å². The third-order valence-electron chi connectivity index (χ3n) is 6.52. The zero-order chi connectivity index (χ0) is 23.5. The number of anilines is 1. The first-order valence-electron chi connectivity index (χ1n) is 11.7. The van der Waals surface area contributed by atoms with Crippen molar-refractivity contribution in [3.05, 3.63) is 100 Å². The van der Waals surface area contributed by atoms with Gasteiger partial charge in [-0.05, 0) is 55.3 Å². The molecule has 5 rings (SSSR count). The summed E-state index contributed by atoms with van der Waals surface area (Å²) in [4.78, 5) is 29.6. The number of benzene rings is 1. The summed E-state index contributed by atoms with van der Waals surface area (Å²) in [6.45, 7) is 8.91. The lowest BCUT2D eigenvalue weighted by molar-refractivity contribution is 0.250. The first-order valence-corrected chi connectivity index (χ1v) is 11.7. The zero-order valence-electron chi connectivity index (χ0n) is 19.7. The molecule has 1 aromatic heterocycles. The molecular weight excluding hydrogens is 422 g/mol. The molecule has 1 saturated heterocycles. The standard InChI is InChI=1S/C28H29N5O/c1-20-8-9-23(33-16-14-32(15-17-33)19-22-10-12-29-13-11-22)18-26(20)30-21(2)27-24-6-4-3-5-7-25(24)31-28(27)34/h3-13,18H,14-17,19H2,1-2H3,(H,31,34). The van der Waals surface area contributed by atoms with Crippen molar-refractivity contribution >= 4 is 17.1 Å². The van der Waals surface area contributed by atoms with Crippen LogP contribution in [-0.4, -0.2) is 46.8 Å². The molecule has 3 aliphatic rings. The summed E-state index contributed by atoms with van der Waals surface area (Å²) in [5.74, 6) is 0. The SMILES string of the molecule is CC(=Nc1cc(N2CCN(Cc3ccncc3)CC2)ccc1C)c1c2cccccc-2[nH]c1=O. The molecule has 0 amide bonds. The van der Waals surface area contributed by atoms with E-state index in [-0.39, 0.29) is 5.56 Å². The van der Waals surface area contributed by atoms with Gasteiger partial charge in [-0.3, -0.25) is 19.7 Å². The van der Waals surface area contributed by atoms with Crippen LogP contribution >= 0.6 is 0 Å². The van der Waals surface area contributed by atoms with Gasteiger partial charge in [-0.25, -0.2) is 0 Å². The first-order chi connectivity index (χ1) is 16.6. The van der Waals surface area contributed by atoms with E-state index in [1.54, 1.807) is 0 Å². The number of fused-ring (bicyclic) bond motifs is 1. The summed E-state index contributed by atoms with van der Waals surface area (Å²) in [5, 5.41) is 0. The second-order valence-corrected chi connectivity index (χ2v) is 8.85. The fourth-order valence-electron chi connectivity index (χ4n) is 4.60. The summed E-state index contributed by atoms with van der Waals surface area (Å²) < 4.78 is 0. The molecule has 0 saturated carbocycles. The van der Waals surface area contributed by atoms with E-state index in [1.807, 2.05) is 49.6 Å². The van der Waals surface area contributed by atoms with Gasteiger partial charge in [0.2, 0.25) is 0 Å². The lowest BCUT2D eigenvalue weighted by Gasteiger charge is -2.36. The number of H-pyrrole nitrogens is 1. The van der Waals surface area contributed by atoms with Gasteiger partial charge in [0.15, 0.2) is 0 Å². The van der Waals surface area contributed by atoms with Gasteiger partial charge in [0.25, 0.3) is 5.56 Å². The van der Waals surface area contributed by atoms with E-state index in [9.17, 15) is 4.79 Å². The molecular formula is C28H29N5O. The van der Waals surface area contributed by atoms with Crippen molar-refractivity contribution in [3.63, 3.8) is 0 Å². The van der Waals surface area contributed by atoms with Crippen LogP contribution in [0, 0.1) is 6.92 Å². The van der Waals surface area contributed by atoms with E-state index in [1.165, 1.54) is 11.3 Å². The van der Waals surface area contributed by atoms with Crippen LogP contribution in [0.25, 0.3) is 11.3 Å². The van der Waals surface area contributed by atoms with Crippen LogP contribution in [0.4, 0.5) is 11.4 Å². The molecule has 6 heteroatoms. The number of hydrogen-bond acceptors (Lipinski definition) is 5. The monoisotopic (exact) mass is 451 g/mol. The lowest BCUT2D eigenvalue weighted by atomic mass is 10.1. The van der Waals surface area contributed by atoms with E-state index < -0.39 is 0 Å². The minimum atomic E-state index is -0.0958. The Balaban J connectivity index is 1.35. The molecule has 2 aromatic rings. The smallest absolute Gasteiger partial charge is 0.258 e. The van der Waals surface area contributed by atoms with Crippen molar-refractivity contribution < 1.29 is 0 Å². The number of aryl methyl sites for hydroxylation is 1. The highest BCUT2D eigenvalue weighted by Gasteiger charge is 2.19. The van der Waals surface area contributed by atoms with E-state index in [2.05, 4.69) is 57.0 Å². The molecule has 0 unspecified atom stereocenters. The van der Waals surface area contributed by atoms with Crippen molar-refractivity contribution in [3.8, 4) is 11.3 Å². The van der Waals surface area contributed by atoms with Gasteiger partial charge < -0.3 is 9.88 Å². The molecule has 3 heterocycles. The predicted molar refractivity (Wildman–Crippen MR) is 138 cm³/mol. The normalized spacial score (nSPS) is 15.1. The highest BCUT2D eigenvalue weighted by molar-refractivity contribution is 6.05. The number of nitrogens with zero attached hydrogens (tertiary/aromatic N) is 4. The Morgan fingerprint density at radius 2 is 1.76 bits per heavy atom. The van der Waals surface area contributed by atoms with E-state index in [0.29, 0.717) is 5.56 Å². The van der Waals surface area contributed by atoms with Crippen LogP contribution in [0.3, 0.4) is 0 Å². The summed E-state index contributed by atoms with van der Waals surface area (Å²) in [6.07, 6.45) is 3.71. The molecule has 34 heavy (non-hydrogen) atoms. The Morgan fingerprint density at radius 1 is 1.00 bits per heavy atom. The third-order valence-corrected chi connectivity index (χ3v) is 6.52. The zero-order valence-corrected chi connectivity index (χ0v) is 19.7. The first kappa shape index (κ1) is 22.0. The van der Waals surface area contributed by atoms with Gasteiger partial charge in [-0.1, -0.05) is 30.3 Å². The predicted octanol–water partition coefficient (Wildman–Crippen LogP) is 4.65. The van der Waals surface area contributed by atoms with E-state index in [4.69, 9.17) is 4.99 Å². The highest BCUT2D eigenvalue weighted by atomic mass is 16.1. The minimum Gasteiger partial charge on any atom is -0.369 e. The largest absolute Gasteiger partial charge is 0.369 e. The molecule has 1 aliphatic carbocycles. The van der Waals surface area contributed by atoms with Crippen LogP contribution < -0.4 is 10.5 Å². The van der Waals surface area contributed by atoms with Crippen molar-refractivity contribution in [1.82, 2.24) is 14.9 Å². The fourth-order valence-corrected chi connectivity index (χ4v) is 4.60. The van der Waals surface area contributed by atoms with E-state index >= 15 is 0 Å². The van der Waals surface area contributed by atoms with Crippen molar-refractivity contribution in [2.75, 3.05) is 31.1 Å². The number of aromatic nitrogens is 2. The van der Waals surface area contributed by atoms with Gasteiger partial charge in [0.05, 0.1) is 17.0 Å². The number of aromatic amines is 1. The highest BCUT2D eigenvalue weighted by Crippen LogP contribution is 2.29. The van der Waals surface area contributed by atoms with Crippen LogP contribution in [-0.2, 0) is 6.54 Å². The van der Waals surface area contributed by atoms with Crippen molar-refractivity contribution in [2.45, 2.75) is 20.4 Å². The van der Waals surface area contributed by atoms with Crippen molar-refractivity contribution in [1.29, 1.82) is 0 Å². The number of hydrogen-bond donors (Lipinski definition) is 1. The second-order valence-electron chi connectivity index (χ2n) is 8.85. The van der Waals surface area contributed by atoms with Crippen LogP contribution in [0.15, 0.2) is 82.8 Å². The number of nitrogens with one attached hydrogen (secondary N) is 1. The van der Waals surface area contributed by atoms with E-state index in [0.717, 1.165) is 60.9 Å². The van der Waals surface area contributed by atoms with Crippen molar-refractivity contribution in [2.24, 2.45) is 4.99 Å². The second kappa shape index (κ2) is 9.61. The average molecular weight is 452 g/mol. The summed E-state index contributed by atoms with van der Waals surface area (Å²) in [7, 11) is 0. The lowest BCUT2D eigenvalue weighted by Crippen LogP contribution is -2.45. The summed E-state index contributed by atoms with van der Waals surface area (Å²) >= 11 is 0. The molecule has 6 nitrogen and oxygen atoms in total. The Morgan fingerprint density at radius 3 is 2.56 bits per heavy atom. The molecule has 0 spiro atoms. The molecule has 172 valence electrons. The van der Waals surface area contributed by atoms with Gasteiger partial charge >= 0.3 is 0 Å². The quantitative estimate of drug-likeness (QED) is 0.449. The molecule has 0 bridgehead atoms. The molecule has 0 atom stereocenters. The van der Waals surface area contributed by atoms with Gasteiger partial charge in [0, 0.05) is 62.1 Å². The average Bonchev–Trinajstić information content (AvgIpc) is 2.99. The summed E-state index contributed by atoms with van der Waals surface area (Å²) in [5.41, 5.74) is 7.47. The Kier molecular flexibility index (Phi) is 6.23.